The normalized spacial score (nSPS) is 16.7. The van der Waals surface area contributed by atoms with Crippen LogP contribution in [0.1, 0.15) is 76.3 Å². The molecule has 0 atom stereocenters. The fourth-order valence-electron chi connectivity index (χ4n) is 14.3. The maximum absolute atomic E-state index is 6.52. The van der Waals surface area contributed by atoms with E-state index in [1.807, 2.05) is 12.1 Å². The molecule has 5 heterocycles. The SMILES string of the molecule is CC1(C)Cc2ccc(N3c4cc5c(cc4B4c6cc7c(cc6N(c6ccc8c(c6)OCCO8)c6cc(N(c8ccc(C(C)(C)C)cc8)c8ccc9cc(-c%10cc%11ccccc%11o%10)ccc9c8)cc3c64)OCCO7)CC(C)(C)C5)cc2C1. The third-order valence-corrected chi connectivity index (χ3v) is 18.0. The van der Waals surface area contributed by atoms with Crippen LogP contribution in [0.2, 0.25) is 0 Å². The Bertz CT molecular complexity index is 4250. The zero-order valence-corrected chi connectivity index (χ0v) is 47.2. The third kappa shape index (κ3) is 7.93. The van der Waals surface area contributed by atoms with E-state index >= 15 is 0 Å². The first-order chi connectivity index (χ1) is 39.1. The van der Waals surface area contributed by atoms with Gasteiger partial charge in [-0.15, -0.1) is 0 Å². The molecule has 0 radical (unpaired) electrons. The van der Waals surface area contributed by atoms with Crippen LogP contribution >= 0.6 is 0 Å². The molecule has 10 aromatic rings. The van der Waals surface area contributed by atoms with Crippen molar-refractivity contribution in [3.8, 4) is 34.3 Å². The van der Waals surface area contributed by atoms with Crippen molar-refractivity contribution in [2.24, 2.45) is 10.8 Å². The summed E-state index contributed by atoms with van der Waals surface area (Å²) in [6, 6.07) is 61.5. The van der Waals surface area contributed by atoms with E-state index in [0.29, 0.717) is 26.4 Å². The summed E-state index contributed by atoms with van der Waals surface area (Å²) in [7, 11) is 0. The summed E-state index contributed by atoms with van der Waals surface area (Å²) in [6.07, 6.45) is 4.16. The fraction of sp³-hybridized carbons (Fsp3) is 0.250. The molecule has 9 heteroatoms. The smallest absolute Gasteiger partial charge is 0.252 e. The quantitative estimate of drug-likeness (QED) is 0.153. The van der Waals surface area contributed by atoms with Crippen LogP contribution in [0, 0.1) is 10.8 Å². The summed E-state index contributed by atoms with van der Waals surface area (Å²) in [5.41, 5.74) is 22.8. The zero-order valence-electron chi connectivity index (χ0n) is 47.2. The van der Waals surface area contributed by atoms with Crippen molar-refractivity contribution in [2.75, 3.05) is 41.1 Å². The highest BCUT2D eigenvalue weighted by molar-refractivity contribution is 7.00. The molecule has 16 rings (SSSR count). The van der Waals surface area contributed by atoms with Gasteiger partial charge < -0.3 is 38.1 Å². The summed E-state index contributed by atoms with van der Waals surface area (Å²) in [6.45, 7) is 18.4. The number of nitrogens with zero attached hydrogens (tertiary/aromatic N) is 3. The highest BCUT2D eigenvalue weighted by atomic mass is 16.6. The Morgan fingerprint density at radius 1 is 0.444 bits per heavy atom. The number of ether oxygens (including phenoxy) is 4. The largest absolute Gasteiger partial charge is 0.486 e. The van der Waals surface area contributed by atoms with Crippen molar-refractivity contribution in [1.29, 1.82) is 0 Å². The molecule has 0 unspecified atom stereocenters. The first-order valence-electron chi connectivity index (χ1n) is 29.0. The second-order valence-electron chi connectivity index (χ2n) is 26.1. The number of benzene rings is 9. The van der Waals surface area contributed by atoms with E-state index in [-0.39, 0.29) is 23.0 Å². The molecule has 4 aliphatic heterocycles. The van der Waals surface area contributed by atoms with Gasteiger partial charge in [0.05, 0.1) is 11.4 Å². The van der Waals surface area contributed by atoms with Gasteiger partial charge in [-0.3, -0.25) is 0 Å². The van der Waals surface area contributed by atoms with Crippen molar-refractivity contribution in [3.63, 3.8) is 0 Å². The van der Waals surface area contributed by atoms with E-state index in [0.717, 1.165) is 122 Å². The van der Waals surface area contributed by atoms with Gasteiger partial charge in [-0.25, -0.2) is 0 Å². The number of furan rings is 1. The first-order valence-corrected chi connectivity index (χ1v) is 29.0. The van der Waals surface area contributed by atoms with Crippen LogP contribution in [0.25, 0.3) is 33.1 Å². The van der Waals surface area contributed by atoms with Crippen molar-refractivity contribution >= 4 is 96.0 Å². The predicted octanol–water partition coefficient (Wildman–Crippen LogP) is 15.9. The number of para-hydroxylation sites is 1. The van der Waals surface area contributed by atoms with Gasteiger partial charge in [0.25, 0.3) is 6.71 Å². The minimum absolute atomic E-state index is 0.0330. The Morgan fingerprint density at radius 2 is 1.02 bits per heavy atom. The Hall–Kier alpha value is -8.56. The summed E-state index contributed by atoms with van der Waals surface area (Å²) in [5, 5.41) is 3.37. The summed E-state index contributed by atoms with van der Waals surface area (Å²) >= 11 is 0. The van der Waals surface area contributed by atoms with E-state index in [1.54, 1.807) is 0 Å². The number of hydrogen-bond acceptors (Lipinski definition) is 8. The lowest BCUT2D eigenvalue weighted by Crippen LogP contribution is -2.61. The molecule has 8 nitrogen and oxygen atoms in total. The van der Waals surface area contributed by atoms with Gasteiger partial charge in [0.2, 0.25) is 0 Å². The molecule has 0 amide bonds. The van der Waals surface area contributed by atoms with Crippen LogP contribution in [-0.2, 0) is 31.1 Å². The minimum atomic E-state index is -0.141. The van der Waals surface area contributed by atoms with E-state index in [2.05, 4.69) is 215 Å². The Kier molecular flexibility index (Phi) is 10.4. The van der Waals surface area contributed by atoms with Crippen LogP contribution in [0.15, 0.2) is 168 Å². The highest BCUT2D eigenvalue weighted by Crippen LogP contribution is 2.53. The molecule has 0 bridgehead atoms. The van der Waals surface area contributed by atoms with Gasteiger partial charge in [0, 0.05) is 62.9 Å². The molecule has 2 aliphatic carbocycles. The molecule has 0 saturated heterocycles. The highest BCUT2D eigenvalue weighted by Gasteiger charge is 2.47. The van der Waals surface area contributed by atoms with Crippen molar-refractivity contribution in [3.05, 3.63) is 192 Å². The summed E-state index contributed by atoms with van der Waals surface area (Å²) in [4.78, 5) is 7.55. The second-order valence-corrected chi connectivity index (χ2v) is 26.1. The molecule has 0 fully saturated rings. The third-order valence-electron chi connectivity index (χ3n) is 18.0. The molecule has 6 aliphatic rings. The standard InChI is InChI=1S/C72H64BN3O5/c1-70(2,3)51-16-20-52(21-17-51)74(53-18-14-43-28-46(13-12-44(43)29-53)65-33-45-10-8-9-11-63(45)81-65)56-34-61-69-62(35-56)76(55-22-23-64-66(36-55)78-25-24-77-64)60-38-68-67(79-26-27-80-68)37-58(60)73(69)57-31-49-41-72(6,7)42-50(49)32-59(57)75(61)54-19-15-47-39-71(4,5)40-48(47)30-54/h8-23,28-38H,24-27,39-42H2,1-7H3. The van der Waals surface area contributed by atoms with E-state index < -0.39 is 0 Å². The van der Waals surface area contributed by atoms with Gasteiger partial charge in [-0.05, 0) is 188 Å². The second kappa shape index (κ2) is 17.5. The fourth-order valence-corrected chi connectivity index (χ4v) is 14.3. The average molecular weight is 1060 g/mol. The molecule has 81 heavy (non-hydrogen) atoms. The Balaban J connectivity index is 0.978. The van der Waals surface area contributed by atoms with Crippen LogP contribution in [0.5, 0.6) is 23.0 Å². The predicted molar refractivity (Wildman–Crippen MR) is 331 cm³/mol. The number of hydrogen-bond donors (Lipinski definition) is 0. The van der Waals surface area contributed by atoms with E-state index in [1.165, 1.54) is 55.6 Å². The summed E-state index contributed by atoms with van der Waals surface area (Å²) < 4.78 is 32.0. The number of anilines is 9. The topological polar surface area (TPSA) is 59.8 Å². The molecule has 0 N–H and O–H groups in total. The molecule has 0 spiro atoms. The van der Waals surface area contributed by atoms with Gasteiger partial charge in [-0.2, -0.15) is 0 Å². The van der Waals surface area contributed by atoms with Crippen molar-refractivity contribution < 1.29 is 23.4 Å². The molecule has 0 saturated carbocycles. The van der Waals surface area contributed by atoms with Gasteiger partial charge in [0.1, 0.15) is 37.8 Å². The van der Waals surface area contributed by atoms with Gasteiger partial charge in [-0.1, -0.05) is 109 Å². The Labute approximate surface area is 474 Å². The van der Waals surface area contributed by atoms with Crippen LogP contribution < -0.4 is 50.0 Å². The van der Waals surface area contributed by atoms with Gasteiger partial charge >= 0.3 is 0 Å². The van der Waals surface area contributed by atoms with Crippen LogP contribution in [0.4, 0.5) is 51.2 Å². The molecule has 400 valence electrons. The van der Waals surface area contributed by atoms with Crippen molar-refractivity contribution in [1.82, 2.24) is 0 Å². The molecule has 1 aromatic heterocycles. The molecular formula is C72H64BN3O5. The lowest BCUT2D eigenvalue weighted by Gasteiger charge is -2.45. The van der Waals surface area contributed by atoms with Gasteiger partial charge in [0.15, 0.2) is 23.0 Å². The average Bonchev–Trinajstić information content (AvgIpc) is 4.30. The Morgan fingerprint density at radius 3 is 1.75 bits per heavy atom. The minimum Gasteiger partial charge on any atom is -0.486 e. The maximum Gasteiger partial charge on any atom is 0.252 e. The zero-order chi connectivity index (χ0) is 54.7. The van der Waals surface area contributed by atoms with E-state index in [9.17, 15) is 0 Å². The lowest BCUT2D eigenvalue weighted by molar-refractivity contribution is 0.171. The maximum atomic E-state index is 6.52. The lowest BCUT2D eigenvalue weighted by atomic mass is 9.33. The monoisotopic (exact) mass is 1060 g/mol. The van der Waals surface area contributed by atoms with Crippen molar-refractivity contribution in [2.45, 2.75) is 79.6 Å². The molecule has 9 aromatic carbocycles. The van der Waals surface area contributed by atoms with Crippen LogP contribution in [-0.4, -0.2) is 33.1 Å². The molecular weight excluding hydrogens is 998 g/mol. The first kappa shape index (κ1) is 48.4. The summed E-state index contributed by atoms with van der Waals surface area (Å²) in [5.74, 6) is 3.87. The van der Waals surface area contributed by atoms with Crippen LogP contribution in [0.3, 0.4) is 0 Å². The van der Waals surface area contributed by atoms with E-state index in [4.69, 9.17) is 23.4 Å². The number of fused-ring (bicyclic) bond motifs is 10. The number of rotatable bonds is 6.